The van der Waals surface area contributed by atoms with Gasteiger partial charge < -0.3 is 14.5 Å². The average Bonchev–Trinajstić information content (AvgIpc) is 2.67. The van der Waals surface area contributed by atoms with Crippen LogP contribution in [0.25, 0.3) is 22.4 Å². The topological polar surface area (TPSA) is 105 Å². The molecule has 0 aliphatic rings. The zero-order chi connectivity index (χ0) is 19.4. The van der Waals surface area contributed by atoms with Crippen molar-refractivity contribution in [3.63, 3.8) is 0 Å². The number of hydrogen-bond acceptors (Lipinski definition) is 6. The van der Waals surface area contributed by atoms with Gasteiger partial charge in [-0.3, -0.25) is 14.6 Å². The summed E-state index contributed by atoms with van der Waals surface area (Å²) in [5.41, 5.74) is 1.64. The molecule has 0 radical (unpaired) electrons. The second kappa shape index (κ2) is 7.54. The maximum Gasteiger partial charge on any atom is 0.308 e. The summed E-state index contributed by atoms with van der Waals surface area (Å²) in [7, 11) is 1.47. The van der Waals surface area contributed by atoms with Crippen LogP contribution in [0.5, 0.6) is 11.5 Å². The second-order valence-corrected chi connectivity index (χ2v) is 5.64. The maximum atomic E-state index is 12.4. The van der Waals surface area contributed by atoms with Gasteiger partial charge in [0.25, 0.3) is 5.56 Å². The van der Waals surface area contributed by atoms with Crippen LogP contribution in [0.15, 0.2) is 53.6 Å². The number of aromatic nitrogens is 2. The molecular formula is C20H15N3O4. The molecule has 0 amide bonds. The van der Waals surface area contributed by atoms with Gasteiger partial charge in [0.15, 0.2) is 0 Å². The third-order valence-electron chi connectivity index (χ3n) is 3.82. The molecule has 0 atom stereocenters. The number of ether oxygens (including phenoxy) is 2. The van der Waals surface area contributed by atoms with E-state index in [9.17, 15) is 14.9 Å². The highest BCUT2D eigenvalue weighted by atomic mass is 16.5. The van der Waals surface area contributed by atoms with E-state index in [0.29, 0.717) is 22.6 Å². The van der Waals surface area contributed by atoms with Crippen LogP contribution in [-0.2, 0) is 4.79 Å². The monoisotopic (exact) mass is 361 g/mol. The Bertz CT molecular complexity index is 1100. The number of nitrogens with one attached hydrogen (secondary N) is 1. The summed E-state index contributed by atoms with van der Waals surface area (Å²) in [5.74, 6) is 0.197. The number of carbonyl (C=O) groups excluding carboxylic acids is 1. The third-order valence-corrected chi connectivity index (χ3v) is 3.82. The summed E-state index contributed by atoms with van der Waals surface area (Å²) in [6, 6.07) is 11.9. The Kier molecular flexibility index (Phi) is 4.99. The number of aromatic amines is 1. The van der Waals surface area contributed by atoms with Crippen LogP contribution in [0.3, 0.4) is 0 Å². The van der Waals surface area contributed by atoms with Gasteiger partial charge in [-0.05, 0) is 35.9 Å². The highest BCUT2D eigenvalue weighted by molar-refractivity contribution is 5.78. The van der Waals surface area contributed by atoms with Crippen molar-refractivity contribution in [2.75, 3.05) is 7.11 Å². The van der Waals surface area contributed by atoms with Gasteiger partial charge in [-0.15, -0.1) is 0 Å². The molecular weight excluding hydrogens is 346 g/mol. The molecule has 1 N–H and O–H groups in total. The van der Waals surface area contributed by atoms with Gasteiger partial charge in [0, 0.05) is 42.2 Å². The molecule has 3 rings (SSSR count). The van der Waals surface area contributed by atoms with Gasteiger partial charge in [-0.2, -0.15) is 5.26 Å². The SMILES string of the molecule is COc1cc(OC(C)=O)cc(-c2cc(-c3ccncc3)[nH]c(=O)c2C#N)c1. The molecule has 134 valence electrons. The lowest BCUT2D eigenvalue weighted by atomic mass is 9.99. The average molecular weight is 361 g/mol. The van der Waals surface area contributed by atoms with Crippen LogP contribution in [0.1, 0.15) is 12.5 Å². The fraction of sp³-hybridized carbons (Fsp3) is 0.100. The van der Waals surface area contributed by atoms with Crippen LogP contribution in [0, 0.1) is 11.3 Å². The first kappa shape index (κ1) is 17.9. The van der Waals surface area contributed by atoms with Gasteiger partial charge in [0.05, 0.1) is 7.11 Å². The number of nitriles is 1. The Morgan fingerprint density at radius 1 is 1.11 bits per heavy atom. The van der Waals surface area contributed by atoms with Crippen LogP contribution < -0.4 is 15.0 Å². The van der Waals surface area contributed by atoms with Gasteiger partial charge in [0.2, 0.25) is 0 Å². The summed E-state index contributed by atoms with van der Waals surface area (Å²) in [6.07, 6.45) is 3.21. The van der Waals surface area contributed by atoms with Crippen molar-refractivity contribution in [2.45, 2.75) is 6.92 Å². The minimum absolute atomic E-state index is 0.0464. The summed E-state index contributed by atoms with van der Waals surface area (Å²) in [4.78, 5) is 30.4. The number of esters is 1. The van der Waals surface area contributed by atoms with E-state index >= 15 is 0 Å². The molecule has 2 aromatic heterocycles. The lowest BCUT2D eigenvalue weighted by Gasteiger charge is -2.11. The zero-order valence-electron chi connectivity index (χ0n) is 14.6. The van der Waals surface area contributed by atoms with Gasteiger partial charge >= 0.3 is 5.97 Å². The number of nitrogens with zero attached hydrogens (tertiary/aromatic N) is 2. The molecule has 0 saturated heterocycles. The minimum Gasteiger partial charge on any atom is -0.497 e. The highest BCUT2D eigenvalue weighted by Crippen LogP contribution is 2.32. The number of methoxy groups -OCH3 is 1. The number of pyridine rings is 2. The fourth-order valence-corrected chi connectivity index (χ4v) is 2.66. The molecule has 3 aromatic rings. The van der Waals surface area contributed by atoms with E-state index in [1.807, 2.05) is 6.07 Å². The number of hydrogen-bond donors (Lipinski definition) is 1. The summed E-state index contributed by atoms with van der Waals surface area (Å²) in [5, 5.41) is 9.47. The summed E-state index contributed by atoms with van der Waals surface area (Å²) < 4.78 is 10.4. The number of carbonyl (C=O) groups is 1. The molecule has 0 aliphatic heterocycles. The standard InChI is InChI=1S/C20H15N3O4/c1-12(24)27-16-8-14(7-15(9-16)26-2)17-10-19(13-3-5-22-6-4-13)23-20(25)18(17)11-21/h3-10H,1-2H3,(H,23,25). The molecule has 0 fully saturated rings. The zero-order valence-corrected chi connectivity index (χ0v) is 14.6. The first-order valence-electron chi connectivity index (χ1n) is 7.97. The largest absolute Gasteiger partial charge is 0.497 e. The van der Waals surface area contributed by atoms with Crippen molar-refractivity contribution in [3.8, 4) is 40.0 Å². The Morgan fingerprint density at radius 2 is 1.81 bits per heavy atom. The molecule has 7 nitrogen and oxygen atoms in total. The predicted octanol–water partition coefficient (Wildman–Crippen LogP) is 2.91. The molecule has 1 aromatic carbocycles. The normalized spacial score (nSPS) is 10.1. The van der Waals surface area contributed by atoms with E-state index in [0.717, 1.165) is 5.56 Å². The van der Waals surface area contributed by atoms with Crippen molar-refractivity contribution in [2.24, 2.45) is 0 Å². The number of H-pyrrole nitrogens is 1. The van der Waals surface area contributed by atoms with Crippen molar-refractivity contribution in [1.82, 2.24) is 9.97 Å². The van der Waals surface area contributed by atoms with Gasteiger partial charge in [0.1, 0.15) is 23.1 Å². The van der Waals surface area contributed by atoms with E-state index in [2.05, 4.69) is 9.97 Å². The van der Waals surface area contributed by atoms with E-state index in [1.165, 1.54) is 14.0 Å². The lowest BCUT2D eigenvalue weighted by Crippen LogP contribution is -2.12. The number of benzene rings is 1. The Labute approximate surface area is 154 Å². The molecule has 27 heavy (non-hydrogen) atoms. The minimum atomic E-state index is -0.515. The summed E-state index contributed by atoms with van der Waals surface area (Å²) in [6.45, 7) is 1.29. The molecule has 0 saturated carbocycles. The predicted molar refractivity (Wildman–Crippen MR) is 98.3 cm³/mol. The fourth-order valence-electron chi connectivity index (χ4n) is 2.66. The first-order chi connectivity index (χ1) is 13.0. The van der Waals surface area contributed by atoms with Crippen LogP contribution in [0.4, 0.5) is 0 Å². The van der Waals surface area contributed by atoms with Gasteiger partial charge in [-0.25, -0.2) is 0 Å². The van der Waals surface area contributed by atoms with Gasteiger partial charge in [-0.1, -0.05) is 0 Å². The van der Waals surface area contributed by atoms with Crippen molar-refractivity contribution >= 4 is 5.97 Å². The van der Waals surface area contributed by atoms with Crippen molar-refractivity contribution in [1.29, 1.82) is 5.26 Å². The van der Waals surface area contributed by atoms with E-state index in [-0.39, 0.29) is 11.3 Å². The Balaban J connectivity index is 2.24. The molecule has 2 heterocycles. The Hall–Kier alpha value is -3.92. The maximum absolute atomic E-state index is 12.4. The summed E-state index contributed by atoms with van der Waals surface area (Å²) >= 11 is 0. The smallest absolute Gasteiger partial charge is 0.308 e. The van der Waals surface area contributed by atoms with Crippen LogP contribution in [0.2, 0.25) is 0 Å². The Morgan fingerprint density at radius 3 is 2.44 bits per heavy atom. The van der Waals surface area contributed by atoms with E-state index in [4.69, 9.17) is 9.47 Å². The van der Waals surface area contributed by atoms with E-state index in [1.54, 1.807) is 48.8 Å². The number of rotatable bonds is 4. The molecule has 0 unspecified atom stereocenters. The van der Waals surface area contributed by atoms with Crippen LogP contribution in [-0.4, -0.2) is 23.0 Å². The molecule has 0 bridgehead atoms. The third kappa shape index (κ3) is 3.85. The van der Waals surface area contributed by atoms with Crippen molar-refractivity contribution < 1.29 is 14.3 Å². The molecule has 0 aliphatic carbocycles. The lowest BCUT2D eigenvalue weighted by molar-refractivity contribution is -0.131. The quantitative estimate of drug-likeness (QED) is 0.566. The van der Waals surface area contributed by atoms with E-state index < -0.39 is 11.5 Å². The molecule has 7 heteroatoms. The second-order valence-electron chi connectivity index (χ2n) is 5.64. The molecule has 0 spiro atoms. The highest BCUT2D eigenvalue weighted by Gasteiger charge is 2.15. The van der Waals surface area contributed by atoms with Crippen LogP contribution >= 0.6 is 0 Å². The first-order valence-corrected chi connectivity index (χ1v) is 7.97. The van der Waals surface area contributed by atoms with Crippen molar-refractivity contribution in [3.05, 3.63) is 64.7 Å².